The van der Waals surface area contributed by atoms with Gasteiger partial charge in [0.2, 0.25) is 0 Å². The van der Waals surface area contributed by atoms with Gasteiger partial charge >= 0.3 is 5.97 Å². The largest absolute Gasteiger partial charge is 0.491 e. The van der Waals surface area contributed by atoms with Crippen molar-refractivity contribution in [3.8, 4) is 11.5 Å². The van der Waals surface area contributed by atoms with E-state index >= 15 is 0 Å². The summed E-state index contributed by atoms with van der Waals surface area (Å²) in [5, 5.41) is 13.2. The number of hydrogen-bond acceptors (Lipinski definition) is 5. The monoisotopic (exact) mass is 351 g/mol. The van der Waals surface area contributed by atoms with Gasteiger partial charge in [-0.3, -0.25) is 4.79 Å². The van der Waals surface area contributed by atoms with Crippen molar-refractivity contribution in [1.82, 2.24) is 5.32 Å². The van der Waals surface area contributed by atoms with Crippen molar-refractivity contribution in [3.63, 3.8) is 0 Å². The third kappa shape index (κ3) is 7.04. The van der Waals surface area contributed by atoms with Gasteiger partial charge in [-0.25, -0.2) is 0 Å². The quantitative estimate of drug-likeness (QED) is 0.500. The molecule has 0 aliphatic rings. The van der Waals surface area contributed by atoms with Gasteiger partial charge in [0.25, 0.3) is 0 Å². The number of carbonyl (C=O) groups is 1. The number of aryl methyl sites for hydroxylation is 1. The van der Waals surface area contributed by atoms with Crippen LogP contribution in [0.15, 0.2) is 6.07 Å². The van der Waals surface area contributed by atoms with E-state index in [0.717, 1.165) is 41.7 Å². The Morgan fingerprint density at radius 3 is 2.56 bits per heavy atom. The molecule has 5 heteroatoms. The van der Waals surface area contributed by atoms with Crippen LogP contribution in [-0.4, -0.2) is 36.4 Å². The van der Waals surface area contributed by atoms with Crippen LogP contribution < -0.4 is 14.8 Å². The van der Waals surface area contributed by atoms with Gasteiger partial charge in [-0.1, -0.05) is 27.2 Å². The highest BCUT2D eigenvalue weighted by Gasteiger charge is 2.17. The zero-order chi connectivity index (χ0) is 19.0. The molecule has 25 heavy (non-hydrogen) atoms. The number of carbonyl (C=O) groups excluding carboxylic acids is 1. The maximum absolute atomic E-state index is 11.4. The lowest BCUT2D eigenvalue weighted by molar-refractivity contribution is -0.132. The summed E-state index contributed by atoms with van der Waals surface area (Å²) in [6.07, 6.45) is 2.33. The molecule has 0 bridgehead atoms. The maximum atomic E-state index is 11.4. The SMILES string of the molecule is CCCCc1c(C)c(OCC(O)CNC(C)C)cc(C)c1OC(C)=O. The van der Waals surface area contributed by atoms with Gasteiger partial charge in [0, 0.05) is 25.1 Å². The first kappa shape index (κ1) is 21.5. The van der Waals surface area contributed by atoms with E-state index in [-0.39, 0.29) is 12.6 Å². The Hall–Kier alpha value is -1.59. The number of benzene rings is 1. The molecule has 1 atom stereocenters. The molecule has 0 saturated heterocycles. The van der Waals surface area contributed by atoms with Crippen LogP contribution in [0.4, 0.5) is 0 Å². The molecule has 2 N–H and O–H groups in total. The van der Waals surface area contributed by atoms with Crippen LogP contribution in [0.1, 0.15) is 57.2 Å². The lowest BCUT2D eigenvalue weighted by atomic mass is 9.98. The summed E-state index contributed by atoms with van der Waals surface area (Å²) in [6, 6.07) is 2.20. The van der Waals surface area contributed by atoms with Gasteiger partial charge in [0.1, 0.15) is 24.2 Å². The Morgan fingerprint density at radius 1 is 1.32 bits per heavy atom. The fourth-order valence-corrected chi connectivity index (χ4v) is 2.63. The Balaban J connectivity index is 2.96. The average Bonchev–Trinajstić information content (AvgIpc) is 2.54. The number of esters is 1. The highest BCUT2D eigenvalue weighted by molar-refractivity contribution is 5.71. The summed E-state index contributed by atoms with van der Waals surface area (Å²) in [5.41, 5.74) is 2.86. The highest BCUT2D eigenvalue weighted by atomic mass is 16.5. The van der Waals surface area contributed by atoms with Crippen LogP contribution in [-0.2, 0) is 11.2 Å². The minimum absolute atomic E-state index is 0.222. The Morgan fingerprint density at radius 2 is 2.00 bits per heavy atom. The topological polar surface area (TPSA) is 67.8 Å². The number of ether oxygens (including phenoxy) is 2. The normalized spacial score (nSPS) is 12.3. The average molecular weight is 351 g/mol. The predicted molar refractivity (Wildman–Crippen MR) is 100 cm³/mol. The van der Waals surface area contributed by atoms with Crippen LogP contribution in [0, 0.1) is 13.8 Å². The number of aliphatic hydroxyl groups excluding tert-OH is 1. The van der Waals surface area contributed by atoms with Gasteiger partial charge in [-0.05, 0) is 43.9 Å². The van der Waals surface area contributed by atoms with Crippen molar-refractivity contribution in [2.45, 2.75) is 73.0 Å². The number of rotatable bonds is 10. The van der Waals surface area contributed by atoms with Crippen LogP contribution in [0.25, 0.3) is 0 Å². The van der Waals surface area contributed by atoms with Gasteiger partial charge in [-0.15, -0.1) is 0 Å². The first-order valence-corrected chi connectivity index (χ1v) is 9.11. The molecule has 1 aromatic carbocycles. The second-order valence-corrected chi connectivity index (χ2v) is 6.85. The fraction of sp³-hybridized carbons (Fsp3) is 0.650. The molecule has 0 radical (unpaired) electrons. The van der Waals surface area contributed by atoms with Crippen molar-refractivity contribution in [2.24, 2.45) is 0 Å². The third-order valence-corrected chi connectivity index (χ3v) is 4.02. The van der Waals surface area contributed by atoms with Crippen LogP contribution in [0.5, 0.6) is 11.5 Å². The van der Waals surface area contributed by atoms with Crippen molar-refractivity contribution >= 4 is 5.97 Å². The first-order valence-electron chi connectivity index (χ1n) is 9.11. The van der Waals surface area contributed by atoms with Crippen molar-refractivity contribution in [1.29, 1.82) is 0 Å². The summed E-state index contributed by atoms with van der Waals surface area (Å²) >= 11 is 0. The summed E-state index contributed by atoms with van der Waals surface area (Å²) in [7, 11) is 0. The maximum Gasteiger partial charge on any atom is 0.308 e. The highest BCUT2D eigenvalue weighted by Crippen LogP contribution is 2.35. The molecule has 0 spiro atoms. The molecule has 1 rings (SSSR count). The smallest absolute Gasteiger partial charge is 0.308 e. The molecule has 5 nitrogen and oxygen atoms in total. The predicted octanol–water partition coefficient (Wildman–Crippen LogP) is 3.31. The van der Waals surface area contributed by atoms with Gasteiger partial charge in [-0.2, -0.15) is 0 Å². The lowest BCUT2D eigenvalue weighted by Crippen LogP contribution is -2.35. The summed E-state index contributed by atoms with van der Waals surface area (Å²) in [5.74, 6) is 1.07. The molecule has 0 aromatic heterocycles. The molecule has 1 aromatic rings. The number of unbranched alkanes of at least 4 members (excludes halogenated alkanes) is 1. The zero-order valence-corrected chi connectivity index (χ0v) is 16.4. The molecule has 0 fully saturated rings. The Bertz CT molecular complexity index is 569. The van der Waals surface area contributed by atoms with Crippen molar-refractivity contribution in [3.05, 3.63) is 22.8 Å². The molecule has 0 aliphatic carbocycles. The molecular formula is C20H33NO4. The zero-order valence-electron chi connectivity index (χ0n) is 16.4. The van der Waals surface area contributed by atoms with E-state index in [2.05, 4.69) is 12.2 Å². The molecular weight excluding hydrogens is 318 g/mol. The van der Waals surface area contributed by atoms with Gasteiger partial charge < -0.3 is 19.9 Å². The molecule has 1 unspecified atom stereocenters. The van der Waals surface area contributed by atoms with E-state index in [1.54, 1.807) is 0 Å². The fourth-order valence-electron chi connectivity index (χ4n) is 2.63. The van der Waals surface area contributed by atoms with Crippen LogP contribution in [0.3, 0.4) is 0 Å². The first-order chi connectivity index (χ1) is 11.8. The van der Waals surface area contributed by atoms with Crippen molar-refractivity contribution in [2.75, 3.05) is 13.2 Å². The van der Waals surface area contributed by atoms with E-state index in [1.165, 1.54) is 6.92 Å². The van der Waals surface area contributed by atoms with E-state index in [9.17, 15) is 9.90 Å². The molecule has 0 aliphatic heterocycles. The van der Waals surface area contributed by atoms with Crippen LogP contribution in [0.2, 0.25) is 0 Å². The molecule has 0 saturated carbocycles. The molecule has 0 amide bonds. The van der Waals surface area contributed by atoms with Gasteiger partial charge in [0.05, 0.1) is 0 Å². The summed E-state index contributed by atoms with van der Waals surface area (Å²) in [6.45, 7) is 12.2. The minimum atomic E-state index is -0.575. The Labute approximate surface area is 151 Å². The summed E-state index contributed by atoms with van der Waals surface area (Å²) in [4.78, 5) is 11.4. The standard InChI is InChI=1S/C20H33NO4/c1-7-8-9-18-15(5)19(10-14(4)20(18)25-16(6)22)24-12-17(23)11-21-13(2)3/h10,13,17,21,23H,7-9,11-12H2,1-6H3. The lowest BCUT2D eigenvalue weighted by Gasteiger charge is -2.20. The van der Waals surface area contributed by atoms with Crippen LogP contribution >= 0.6 is 0 Å². The summed E-state index contributed by atoms with van der Waals surface area (Å²) < 4.78 is 11.3. The molecule has 0 heterocycles. The van der Waals surface area contributed by atoms with E-state index in [0.29, 0.717) is 18.3 Å². The second kappa shape index (κ2) is 10.4. The van der Waals surface area contributed by atoms with Crippen molar-refractivity contribution < 1.29 is 19.4 Å². The number of hydrogen-bond donors (Lipinski definition) is 2. The molecule has 142 valence electrons. The third-order valence-electron chi connectivity index (χ3n) is 4.02. The van der Waals surface area contributed by atoms with Gasteiger partial charge in [0.15, 0.2) is 0 Å². The van der Waals surface area contributed by atoms with E-state index in [1.807, 2.05) is 33.8 Å². The van der Waals surface area contributed by atoms with E-state index in [4.69, 9.17) is 9.47 Å². The minimum Gasteiger partial charge on any atom is -0.491 e. The second-order valence-electron chi connectivity index (χ2n) is 6.85. The van der Waals surface area contributed by atoms with E-state index < -0.39 is 6.10 Å². The number of nitrogens with one attached hydrogen (secondary N) is 1. The Kier molecular flexibility index (Phi) is 8.93. The number of aliphatic hydroxyl groups is 1.